The molecule has 0 radical (unpaired) electrons. The Hall–Kier alpha value is -1.28. The summed E-state index contributed by atoms with van der Waals surface area (Å²) < 4.78 is 0. The summed E-state index contributed by atoms with van der Waals surface area (Å²) in [7, 11) is 0. The van der Waals surface area contributed by atoms with E-state index in [0.29, 0.717) is 12.0 Å². The highest BCUT2D eigenvalue weighted by atomic mass is 14.9. The number of rotatable bonds is 1. The second-order valence-electron chi connectivity index (χ2n) is 4.69. The van der Waals surface area contributed by atoms with Crippen LogP contribution in [0.1, 0.15) is 31.0 Å². The first kappa shape index (κ1) is 8.98. The predicted octanol–water partition coefficient (Wildman–Crippen LogP) is 2.97. The van der Waals surface area contributed by atoms with Crippen molar-refractivity contribution in [3.05, 3.63) is 35.5 Å². The predicted molar refractivity (Wildman–Crippen MR) is 62.7 cm³/mol. The maximum Gasteiger partial charge on any atom is 0.0460 e. The van der Waals surface area contributed by atoms with Gasteiger partial charge in [-0.1, -0.05) is 26.0 Å². The van der Waals surface area contributed by atoms with Crippen LogP contribution in [0.15, 0.2) is 24.4 Å². The lowest BCUT2D eigenvalue weighted by molar-refractivity contribution is 0.406. The molecular weight excluding hydrogens is 184 g/mol. The SMILES string of the molecule is CC(C)[C@@H]1NCc2cccc3[nH]cc1c23. The molecule has 2 N–H and O–H groups in total. The molecule has 0 saturated carbocycles. The van der Waals surface area contributed by atoms with Gasteiger partial charge < -0.3 is 10.3 Å². The van der Waals surface area contributed by atoms with E-state index in [2.05, 4.69) is 48.5 Å². The standard InChI is InChI=1S/C13H16N2/c1-8(2)13-10-7-14-11-5-3-4-9(6-15-13)12(10)11/h3-5,7-8,13-15H,6H2,1-2H3/t13-/m0/s1. The molecule has 2 aromatic rings. The molecule has 0 saturated heterocycles. The van der Waals surface area contributed by atoms with Crippen LogP contribution < -0.4 is 5.32 Å². The van der Waals surface area contributed by atoms with Gasteiger partial charge >= 0.3 is 0 Å². The van der Waals surface area contributed by atoms with Gasteiger partial charge in [0.05, 0.1) is 0 Å². The lowest BCUT2D eigenvalue weighted by Crippen LogP contribution is -2.28. The van der Waals surface area contributed by atoms with Crippen LogP contribution >= 0.6 is 0 Å². The van der Waals surface area contributed by atoms with E-state index in [1.165, 1.54) is 22.0 Å². The molecule has 2 heterocycles. The first-order valence-corrected chi connectivity index (χ1v) is 5.59. The average molecular weight is 200 g/mol. The van der Waals surface area contributed by atoms with Crippen molar-refractivity contribution in [3.63, 3.8) is 0 Å². The molecule has 1 aliphatic heterocycles. The number of aromatic nitrogens is 1. The molecule has 1 aromatic carbocycles. The summed E-state index contributed by atoms with van der Waals surface area (Å²) in [6.45, 7) is 5.53. The third-order valence-corrected chi connectivity index (χ3v) is 3.34. The molecule has 1 aromatic heterocycles. The number of nitrogens with one attached hydrogen (secondary N) is 2. The molecule has 2 heteroatoms. The molecule has 0 aliphatic carbocycles. The Kier molecular flexibility index (Phi) is 1.86. The molecule has 3 rings (SSSR count). The van der Waals surface area contributed by atoms with Crippen LogP contribution in [0.25, 0.3) is 10.9 Å². The summed E-state index contributed by atoms with van der Waals surface area (Å²) in [5, 5.41) is 5.04. The smallest absolute Gasteiger partial charge is 0.0460 e. The minimum absolute atomic E-state index is 0.494. The van der Waals surface area contributed by atoms with Crippen molar-refractivity contribution < 1.29 is 0 Å². The van der Waals surface area contributed by atoms with Crippen molar-refractivity contribution in [2.24, 2.45) is 5.92 Å². The Morgan fingerprint density at radius 2 is 2.20 bits per heavy atom. The normalized spacial score (nSPS) is 20.1. The van der Waals surface area contributed by atoms with E-state index < -0.39 is 0 Å². The highest BCUT2D eigenvalue weighted by Gasteiger charge is 2.24. The van der Waals surface area contributed by atoms with Gasteiger partial charge in [-0.15, -0.1) is 0 Å². The zero-order valence-electron chi connectivity index (χ0n) is 9.17. The van der Waals surface area contributed by atoms with Crippen LogP contribution in [0.3, 0.4) is 0 Å². The highest BCUT2D eigenvalue weighted by Crippen LogP contribution is 2.34. The van der Waals surface area contributed by atoms with E-state index in [4.69, 9.17) is 0 Å². The van der Waals surface area contributed by atoms with Gasteiger partial charge in [0.2, 0.25) is 0 Å². The van der Waals surface area contributed by atoms with Gasteiger partial charge in [0.25, 0.3) is 0 Å². The van der Waals surface area contributed by atoms with Gasteiger partial charge in [-0.2, -0.15) is 0 Å². The first-order valence-electron chi connectivity index (χ1n) is 5.59. The summed E-state index contributed by atoms with van der Waals surface area (Å²) in [4.78, 5) is 3.36. The molecular formula is C13H16N2. The Morgan fingerprint density at radius 3 is 3.00 bits per heavy atom. The number of hydrogen-bond donors (Lipinski definition) is 2. The average Bonchev–Trinajstić information content (AvgIpc) is 2.65. The summed E-state index contributed by atoms with van der Waals surface area (Å²) in [6, 6.07) is 6.98. The number of aromatic amines is 1. The van der Waals surface area contributed by atoms with Crippen LogP contribution in [-0.4, -0.2) is 4.98 Å². The number of hydrogen-bond acceptors (Lipinski definition) is 1. The lowest BCUT2D eigenvalue weighted by Gasteiger charge is -2.27. The second kappa shape index (κ2) is 3.11. The Morgan fingerprint density at radius 1 is 1.33 bits per heavy atom. The van der Waals surface area contributed by atoms with Gasteiger partial charge in [0.15, 0.2) is 0 Å². The summed E-state index contributed by atoms with van der Waals surface area (Å²) >= 11 is 0. The fourth-order valence-corrected chi connectivity index (χ4v) is 2.61. The zero-order valence-corrected chi connectivity index (χ0v) is 9.17. The third-order valence-electron chi connectivity index (χ3n) is 3.34. The molecule has 0 fully saturated rings. The maximum absolute atomic E-state index is 3.60. The van der Waals surface area contributed by atoms with Crippen LogP contribution in [0.5, 0.6) is 0 Å². The maximum atomic E-state index is 3.60. The Bertz CT molecular complexity index is 496. The Labute approximate surface area is 89.7 Å². The fraction of sp³-hybridized carbons (Fsp3) is 0.385. The van der Waals surface area contributed by atoms with Gasteiger partial charge in [-0.3, -0.25) is 0 Å². The van der Waals surface area contributed by atoms with Gasteiger partial charge in [0, 0.05) is 29.7 Å². The lowest BCUT2D eigenvalue weighted by atomic mass is 9.90. The van der Waals surface area contributed by atoms with Crippen molar-refractivity contribution in [3.8, 4) is 0 Å². The van der Waals surface area contributed by atoms with Crippen LogP contribution in [-0.2, 0) is 6.54 Å². The van der Waals surface area contributed by atoms with E-state index in [-0.39, 0.29) is 0 Å². The highest BCUT2D eigenvalue weighted by molar-refractivity contribution is 5.87. The van der Waals surface area contributed by atoms with Crippen LogP contribution in [0, 0.1) is 5.92 Å². The van der Waals surface area contributed by atoms with Crippen molar-refractivity contribution in [2.45, 2.75) is 26.4 Å². The van der Waals surface area contributed by atoms with Crippen molar-refractivity contribution >= 4 is 10.9 Å². The largest absolute Gasteiger partial charge is 0.361 e. The molecule has 1 atom stereocenters. The molecule has 1 aliphatic rings. The van der Waals surface area contributed by atoms with Gasteiger partial charge in [-0.25, -0.2) is 0 Å². The van der Waals surface area contributed by atoms with E-state index >= 15 is 0 Å². The molecule has 0 unspecified atom stereocenters. The molecule has 78 valence electrons. The van der Waals surface area contributed by atoms with E-state index in [1.807, 2.05) is 0 Å². The van der Waals surface area contributed by atoms with E-state index in [9.17, 15) is 0 Å². The fourth-order valence-electron chi connectivity index (χ4n) is 2.61. The van der Waals surface area contributed by atoms with E-state index in [1.54, 1.807) is 0 Å². The van der Waals surface area contributed by atoms with Gasteiger partial charge in [-0.05, 0) is 23.1 Å². The summed E-state index contributed by atoms with van der Waals surface area (Å²) in [6.07, 6.45) is 2.16. The quantitative estimate of drug-likeness (QED) is 0.727. The molecule has 2 nitrogen and oxygen atoms in total. The molecule has 0 amide bonds. The first-order chi connectivity index (χ1) is 7.27. The molecule has 0 bridgehead atoms. The summed E-state index contributed by atoms with van der Waals surface area (Å²) in [5.41, 5.74) is 4.12. The van der Waals surface area contributed by atoms with Crippen molar-refractivity contribution in [1.82, 2.24) is 10.3 Å². The zero-order chi connectivity index (χ0) is 10.4. The van der Waals surface area contributed by atoms with Crippen LogP contribution in [0.4, 0.5) is 0 Å². The minimum Gasteiger partial charge on any atom is -0.361 e. The van der Waals surface area contributed by atoms with Crippen molar-refractivity contribution in [2.75, 3.05) is 0 Å². The van der Waals surface area contributed by atoms with Gasteiger partial charge in [0.1, 0.15) is 0 Å². The monoisotopic (exact) mass is 200 g/mol. The topological polar surface area (TPSA) is 27.8 Å². The molecule has 0 spiro atoms. The second-order valence-corrected chi connectivity index (χ2v) is 4.69. The number of H-pyrrole nitrogens is 1. The third kappa shape index (κ3) is 1.21. The summed E-state index contributed by atoms with van der Waals surface area (Å²) in [5.74, 6) is 0.636. The number of benzene rings is 1. The van der Waals surface area contributed by atoms with Crippen LogP contribution in [0.2, 0.25) is 0 Å². The van der Waals surface area contributed by atoms with E-state index in [0.717, 1.165) is 6.54 Å². The minimum atomic E-state index is 0.494. The van der Waals surface area contributed by atoms with Crippen molar-refractivity contribution in [1.29, 1.82) is 0 Å². The molecule has 15 heavy (non-hydrogen) atoms. The Balaban J connectivity index is 2.27.